The van der Waals surface area contributed by atoms with E-state index >= 15 is 0 Å². The number of carbonyl (C=O) groups excluding carboxylic acids is 2. The van der Waals surface area contributed by atoms with Gasteiger partial charge in [0.25, 0.3) is 5.91 Å². The molecule has 2 aliphatic rings. The lowest BCUT2D eigenvalue weighted by Crippen LogP contribution is -2.53. The Morgan fingerprint density at radius 3 is 2.04 bits per heavy atom. The molecule has 1 aromatic rings. The maximum absolute atomic E-state index is 12.7. The molecular weight excluding hydrogens is 312 g/mol. The van der Waals surface area contributed by atoms with Gasteiger partial charge in [-0.15, -0.1) is 0 Å². The van der Waals surface area contributed by atoms with E-state index in [2.05, 4.69) is 6.92 Å². The van der Waals surface area contributed by atoms with Crippen LogP contribution in [-0.4, -0.2) is 47.8 Å². The maximum atomic E-state index is 12.7. The van der Waals surface area contributed by atoms with Gasteiger partial charge in [0.15, 0.2) is 0 Å². The Kier molecular flexibility index (Phi) is 4.62. The molecule has 0 bridgehead atoms. The molecule has 0 radical (unpaired) electrons. The average molecular weight is 335 g/mol. The molecule has 0 aromatic heterocycles. The quantitative estimate of drug-likeness (QED) is 0.833. The summed E-state index contributed by atoms with van der Waals surface area (Å²) >= 11 is 5.86. The van der Waals surface area contributed by atoms with Crippen molar-refractivity contribution in [2.45, 2.75) is 32.6 Å². The summed E-state index contributed by atoms with van der Waals surface area (Å²) in [6.45, 7) is 4.56. The first-order valence-corrected chi connectivity index (χ1v) is 8.72. The number of halogens is 1. The number of hydrogen-bond donors (Lipinski definition) is 0. The molecule has 0 spiro atoms. The molecule has 5 heteroatoms. The molecule has 2 amide bonds. The SMILES string of the molecule is CC1(C(=O)N2CCN(C(=O)c3ccc(Cl)cc3)CC2)CCCC1. The van der Waals surface area contributed by atoms with Crippen molar-refractivity contribution >= 4 is 23.4 Å². The minimum absolute atomic E-state index is 0.0147. The molecule has 1 heterocycles. The van der Waals surface area contributed by atoms with Crippen molar-refractivity contribution in [1.82, 2.24) is 9.80 Å². The fourth-order valence-electron chi connectivity index (χ4n) is 3.64. The van der Waals surface area contributed by atoms with Gasteiger partial charge < -0.3 is 9.80 Å². The Morgan fingerprint density at radius 2 is 1.48 bits per heavy atom. The molecule has 3 rings (SSSR count). The van der Waals surface area contributed by atoms with Crippen molar-refractivity contribution in [3.63, 3.8) is 0 Å². The first kappa shape index (κ1) is 16.3. The van der Waals surface area contributed by atoms with Crippen LogP contribution in [0.25, 0.3) is 0 Å². The topological polar surface area (TPSA) is 40.6 Å². The minimum atomic E-state index is -0.178. The van der Waals surface area contributed by atoms with Gasteiger partial charge in [0.05, 0.1) is 0 Å². The molecule has 1 saturated heterocycles. The zero-order chi connectivity index (χ0) is 16.4. The lowest BCUT2D eigenvalue weighted by atomic mass is 9.87. The molecule has 1 aliphatic carbocycles. The number of nitrogens with zero attached hydrogens (tertiary/aromatic N) is 2. The Hall–Kier alpha value is -1.55. The number of carbonyl (C=O) groups is 2. The van der Waals surface area contributed by atoms with Gasteiger partial charge in [-0.05, 0) is 37.1 Å². The summed E-state index contributed by atoms with van der Waals surface area (Å²) in [5.41, 5.74) is 0.472. The molecule has 1 aliphatic heterocycles. The second kappa shape index (κ2) is 6.52. The van der Waals surface area contributed by atoms with Gasteiger partial charge in [-0.2, -0.15) is 0 Å². The second-order valence-corrected chi connectivity index (χ2v) is 7.30. The van der Waals surface area contributed by atoms with Crippen LogP contribution in [0.4, 0.5) is 0 Å². The molecule has 0 atom stereocenters. The van der Waals surface area contributed by atoms with Crippen molar-refractivity contribution in [1.29, 1.82) is 0 Å². The lowest BCUT2D eigenvalue weighted by molar-refractivity contribution is -0.142. The molecule has 2 fully saturated rings. The van der Waals surface area contributed by atoms with Crippen LogP contribution in [0.15, 0.2) is 24.3 Å². The van der Waals surface area contributed by atoms with Gasteiger partial charge in [0.2, 0.25) is 5.91 Å². The molecule has 23 heavy (non-hydrogen) atoms. The number of benzene rings is 1. The zero-order valence-corrected chi connectivity index (χ0v) is 14.3. The van der Waals surface area contributed by atoms with Crippen LogP contribution in [0.2, 0.25) is 5.02 Å². The van der Waals surface area contributed by atoms with Gasteiger partial charge in [-0.3, -0.25) is 9.59 Å². The summed E-state index contributed by atoms with van der Waals surface area (Å²) in [5.74, 6) is 0.287. The molecule has 4 nitrogen and oxygen atoms in total. The van der Waals surface area contributed by atoms with Crippen molar-refractivity contribution < 1.29 is 9.59 Å². The first-order valence-electron chi connectivity index (χ1n) is 8.34. The van der Waals surface area contributed by atoms with Crippen LogP contribution in [0.1, 0.15) is 43.0 Å². The van der Waals surface area contributed by atoms with E-state index < -0.39 is 0 Å². The van der Waals surface area contributed by atoms with E-state index in [0.29, 0.717) is 36.8 Å². The molecule has 0 N–H and O–H groups in total. The van der Waals surface area contributed by atoms with Gasteiger partial charge in [0, 0.05) is 42.2 Å². The minimum Gasteiger partial charge on any atom is -0.339 e. The summed E-state index contributed by atoms with van der Waals surface area (Å²) < 4.78 is 0. The van der Waals surface area contributed by atoms with E-state index in [-0.39, 0.29) is 17.2 Å². The summed E-state index contributed by atoms with van der Waals surface area (Å²) in [7, 11) is 0. The van der Waals surface area contributed by atoms with E-state index in [9.17, 15) is 9.59 Å². The molecule has 0 unspecified atom stereocenters. The summed E-state index contributed by atoms with van der Waals surface area (Å²) in [5, 5.41) is 0.627. The zero-order valence-electron chi connectivity index (χ0n) is 13.6. The molecular formula is C18H23ClN2O2. The van der Waals surface area contributed by atoms with E-state index in [1.54, 1.807) is 24.3 Å². The standard InChI is InChI=1S/C18H23ClN2O2/c1-18(8-2-3-9-18)17(23)21-12-10-20(11-13-21)16(22)14-4-6-15(19)7-5-14/h4-7H,2-3,8-13H2,1H3. The fraction of sp³-hybridized carbons (Fsp3) is 0.556. The van der Waals surface area contributed by atoms with Gasteiger partial charge in [0.1, 0.15) is 0 Å². The maximum Gasteiger partial charge on any atom is 0.253 e. The monoisotopic (exact) mass is 334 g/mol. The Labute approximate surface area is 142 Å². The highest BCUT2D eigenvalue weighted by molar-refractivity contribution is 6.30. The van der Waals surface area contributed by atoms with E-state index in [0.717, 1.165) is 25.7 Å². The van der Waals surface area contributed by atoms with E-state index in [4.69, 9.17) is 11.6 Å². The van der Waals surface area contributed by atoms with Crippen LogP contribution in [0.5, 0.6) is 0 Å². The molecule has 1 saturated carbocycles. The van der Waals surface area contributed by atoms with Crippen molar-refractivity contribution in [3.05, 3.63) is 34.9 Å². The van der Waals surface area contributed by atoms with Gasteiger partial charge in [-0.1, -0.05) is 31.4 Å². The summed E-state index contributed by atoms with van der Waals surface area (Å²) in [6.07, 6.45) is 4.29. The number of amides is 2. The Morgan fingerprint density at radius 1 is 0.957 bits per heavy atom. The largest absolute Gasteiger partial charge is 0.339 e. The third kappa shape index (κ3) is 3.37. The fourth-order valence-corrected chi connectivity index (χ4v) is 3.76. The van der Waals surface area contributed by atoms with Crippen LogP contribution in [0, 0.1) is 5.41 Å². The highest BCUT2D eigenvalue weighted by atomic mass is 35.5. The predicted octanol–water partition coefficient (Wildman–Crippen LogP) is 3.20. The third-order valence-corrected chi connectivity index (χ3v) is 5.42. The number of rotatable bonds is 2. The van der Waals surface area contributed by atoms with Gasteiger partial charge in [-0.25, -0.2) is 0 Å². The molecule has 1 aromatic carbocycles. The van der Waals surface area contributed by atoms with Crippen molar-refractivity contribution in [2.24, 2.45) is 5.41 Å². The predicted molar refractivity (Wildman–Crippen MR) is 90.5 cm³/mol. The summed E-state index contributed by atoms with van der Waals surface area (Å²) in [6, 6.07) is 6.97. The third-order valence-electron chi connectivity index (χ3n) is 5.17. The van der Waals surface area contributed by atoms with Crippen LogP contribution < -0.4 is 0 Å². The Balaban J connectivity index is 1.59. The normalized spacial score (nSPS) is 20.6. The molecule has 124 valence electrons. The number of piperazine rings is 1. The smallest absolute Gasteiger partial charge is 0.253 e. The van der Waals surface area contributed by atoms with E-state index in [1.165, 1.54) is 0 Å². The number of hydrogen-bond acceptors (Lipinski definition) is 2. The highest BCUT2D eigenvalue weighted by Gasteiger charge is 2.40. The van der Waals surface area contributed by atoms with Crippen LogP contribution in [-0.2, 0) is 4.79 Å². The second-order valence-electron chi connectivity index (χ2n) is 6.86. The summed E-state index contributed by atoms with van der Waals surface area (Å²) in [4.78, 5) is 29.0. The van der Waals surface area contributed by atoms with Crippen LogP contribution in [0.3, 0.4) is 0 Å². The van der Waals surface area contributed by atoms with Crippen molar-refractivity contribution in [2.75, 3.05) is 26.2 Å². The lowest BCUT2D eigenvalue weighted by Gasteiger charge is -2.38. The average Bonchev–Trinajstić information content (AvgIpc) is 3.02. The Bertz CT molecular complexity index is 586. The van der Waals surface area contributed by atoms with E-state index in [1.807, 2.05) is 9.80 Å². The van der Waals surface area contributed by atoms with Gasteiger partial charge >= 0.3 is 0 Å². The van der Waals surface area contributed by atoms with Crippen LogP contribution >= 0.6 is 11.6 Å². The first-order chi connectivity index (χ1) is 11.0. The highest BCUT2D eigenvalue weighted by Crippen LogP contribution is 2.39. The van der Waals surface area contributed by atoms with Crippen molar-refractivity contribution in [3.8, 4) is 0 Å².